The van der Waals surface area contributed by atoms with Gasteiger partial charge >= 0.3 is 0 Å². The van der Waals surface area contributed by atoms with E-state index < -0.39 is 0 Å². The Morgan fingerprint density at radius 1 is 0.333 bits per heavy atom. The summed E-state index contributed by atoms with van der Waals surface area (Å²) < 4.78 is 13.4. The molecule has 0 unspecified atom stereocenters. The highest BCUT2D eigenvalue weighted by Gasteiger charge is 2.40. The molecule has 0 bridgehead atoms. The average molecular weight is 649 g/mol. The van der Waals surface area contributed by atoms with Gasteiger partial charge in [-0.2, -0.15) is 0 Å². The minimum Gasteiger partial charge on any atom is -0.458 e. The van der Waals surface area contributed by atoms with Crippen molar-refractivity contribution >= 4 is 55.4 Å². The molecule has 2 aliphatic rings. The summed E-state index contributed by atoms with van der Waals surface area (Å²) in [5.41, 5.74) is 10.5. The Hall–Kier alpha value is -6.58. The number of fused-ring (bicyclic) bond motifs is 7. The zero-order valence-electron chi connectivity index (χ0n) is 27.6. The lowest BCUT2D eigenvalue weighted by Gasteiger charge is -2.33. The predicted octanol–water partition coefficient (Wildman–Crippen LogP) is 10.9. The molecule has 0 aliphatic carbocycles. The molecule has 0 fully saturated rings. The number of para-hydroxylation sites is 2. The summed E-state index contributed by atoms with van der Waals surface area (Å²) in [6.07, 6.45) is 0. The van der Waals surface area contributed by atoms with E-state index in [1.165, 1.54) is 65.5 Å². The topological polar surface area (TPSA) is 18.5 Å². The first-order valence-corrected chi connectivity index (χ1v) is 17.5. The number of hydrogen-bond acceptors (Lipinski definition) is 2. The number of rotatable bonds is 3. The fourth-order valence-electron chi connectivity index (χ4n) is 8.65. The number of ether oxygens (including phenoxy) is 2. The van der Waals surface area contributed by atoms with E-state index in [-0.39, 0.29) is 6.71 Å². The van der Waals surface area contributed by atoms with Crippen molar-refractivity contribution in [3.63, 3.8) is 0 Å². The van der Waals surface area contributed by atoms with E-state index in [4.69, 9.17) is 9.47 Å². The van der Waals surface area contributed by atoms with Gasteiger partial charge in [0.25, 0.3) is 6.71 Å². The van der Waals surface area contributed by atoms with Crippen molar-refractivity contribution in [2.45, 2.75) is 0 Å². The van der Waals surface area contributed by atoms with Gasteiger partial charge in [0.15, 0.2) is 0 Å². The van der Waals surface area contributed by atoms with Crippen LogP contribution in [0, 0.1) is 0 Å². The molecule has 0 spiro atoms. The molecule has 11 rings (SSSR count). The summed E-state index contributed by atoms with van der Waals surface area (Å²) in [7, 11) is 0. The van der Waals surface area contributed by atoms with Crippen LogP contribution in [0.4, 0.5) is 0 Å². The molecule has 0 radical (unpaired) electrons. The van der Waals surface area contributed by atoms with E-state index in [0.29, 0.717) is 0 Å². The quantitative estimate of drug-likeness (QED) is 0.140. The van der Waals surface area contributed by atoms with Gasteiger partial charge < -0.3 is 9.47 Å². The zero-order valence-corrected chi connectivity index (χ0v) is 27.6. The highest BCUT2D eigenvalue weighted by atomic mass is 16.5. The van der Waals surface area contributed by atoms with Gasteiger partial charge in [-0.05, 0) is 101 Å². The van der Waals surface area contributed by atoms with Crippen LogP contribution in [0.15, 0.2) is 176 Å². The van der Waals surface area contributed by atoms with Crippen molar-refractivity contribution in [3.05, 3.63) is 176 Å². The van der Waals surface area contributed by atoms with Crippen molar-refractivity contribution in [1.29, 1.82) is 0 Å². The van der Waals surface area contributed by atoms with Crippen LogP contribution in [0.5, 0.6) is 23.0 Å². The molecule has 3 heteroatoms. The van der Waals surface area contributed by atoms with Crippen LogP contribution in [-0.4, -0.2) is 6.71 Å². The summed E-state index contributed by atoms with van der Waals surface area (Å²) in [4.78, 5) is 0. The molecule has 236 valence electrons. The lowest BCUT2D eigenvalue weighted by Crippen LogP contribution is -2.57. The van der Waals surface area contributed by atoms with Gasteiger partial charge in [-0.25, -0.2) is 0 Å². The van der Waals surface area contributed by atoms with Gasteiger partial charge in [0, 0.05) is 5.46 Å². The fourth-order valence-corrected chi connectivity index (χ4v) is 8.65. The molecule has 0 atom stereocenters. The molecule has 9 aromatic carbocycles. The summed E-state index contributed by atoms with van der Waals surface area (Å²) in [5.74, 6) is 3.47. The van der Waals surface area contributed by atoms with Crippen LogP contribution >= 0.6 is 0 Å². The van der Waals surface area contributed by atoms with Crippen LogP contribution in [-0.2, 0) is 0 Å². The Kier molecular flexibility index (Phi) is 6.08. The second-order valence-corrected chi connectivity index (χ2v) is 13.5. The van der Waals surface area contributed by atoms with Crippen LogP contribution in [0.3, 0.4) is 0 Å². The lowest BCUT2D eigenvalue weighted by molar-refractivity contribution is 0.465. The summed E-state index contributed by atoms with van der Waals surface area (Å²) in [5, 5.41) is 7.42. The van der Waals surface area contributed by atoms with Gasteiger partial charge in [-0.1, -0.05) is 152 Å². The van der Waals surface area contributed by atoms with E-state index in [1.54, 1.807) is 0 Å². The first kappa shape index (κ1) is 28.3. The first-order valence-electron chi connectivity index (χ1n) is 17.5. The molecular weight excluding hydrogens is 619 g/mol. The van der Waals surface area contributed by atoms with Crippen molar-refractivity contribution in [2.75, 3.05) is 0 Å². The minimum atomic E-state index is 0.0451. The van der Waals surface area contributed by atoms with Crippen molar-refractivity contribution in [2.24, 2.45) is 0 Å². The maximum atomic E-state index is 6.71. The zero-order chi connectivity index (χ0) is 33.5. The maximum Gasteiger partial charge on any atom is 0.260 e. The van der Waals surface area contributed by atoms with Crippen molar-refractivity contribution in [3.8, 4) is 56.4 Å². The largest absolute Gasteiger partial charge is 0.458 e. The smallest absolute Gasteiger partial charge is 0.260 e. The SMILES string of the molecule is c1ccc2c(c1)Oc1cc(-c3ccccc3-c3c4ccccc4c(-c4cccc5ccccc45)c4ccccc34)cc3c1B2c1ccccc1O3. The van der Waals surface area contributed by atoms with E-state index in [0.717, 1.165) is 39.6 Å². The van der Waals surface area contributed by atoms with Gasteiger partial charge in [-0.3, -0.25) is 0 Å². The van der Waals surface area contributed by atoms with E-state index >= 15 is 0 Å². The van der Waals surface area contributed by atoms with Crippen LogP contribution < -0.4 is 25.9 Å². The van der Waals surface area contributed by atoms with E-state index in [1.807, 2.05) is 12.1 Å². The monoisotopic (exact) mass is 648 g/mol. The Labute approximate surface area is 296 Å². The Bertz CT molecular complexity index is 2760. The van der Waals surface area contributed by atoms with Gasteiger partial charge in [0.2, 0.25) is 0 Å². The van der Waals surface area contributed by atoms with E-state index in [9.17, 15) is 0 Å². The lowest BCUT2D eigenvalue weighted by atomic mass is 9.35. The molecule has 2 nitrogen and oxygen atoms in total. The maximum absolute atomic E-state index is 6.71. The van der Waals surface area contributed by atoms with E-state index in [2.05, 4.69) is 164 Å². The van der Waals surface area contributed by atoms with Gasteiger partial charge in [0.05, 0.1) is 0 Å². The molecular formula is C48H29BO2. The third-order valence-electron chi connectivity index (χ3n) is 10.8. The van der Waals surface area contributed by atoms with Crippen LogP contribution in [0.2, 0.25) is 0 Å². The fraction of sp³-hybridized carbons (Fsp3) is 0. The molecule has 0 N–H and O–H groups in total. The first-order chi connectivity index (χ1) is 25.3. The van der Waals surface area contributed by atoms with Gasteiger partial charge in [-0.15, -0.1) is 0 Å². The highest BCUT2D eigenvalue weighted by Crippen LogP contribution is 2.48. The molecule has 51 heavy (non-hydrogen) atoms. The molecule has 2 aliphatic heterocycles. The average Bonchev–Trinajstić information content (AvgIpc) is 3.19. The predicted molar refractivity (Wildman–Crippen MR) is 213 cm³/mol. The van der Waals surface area contributed by atoms with Crippen LogP contribution in [0.1, 0.15) is 0 Å². The third-order valence-corrected chi connectivity index (χ3v) is 10.8. The molecule has 2 heterocycles. The normalized spacial score (nSPS) is 12.6. The van der Waals surface area contributed by atoms with Gasteiger partial charge in [0.1, 0.15) is 23.0 Å². The molecule has 0 amide bonds. The standard InChI is InChI=1S/C48H29BO2/c1-2-16-32-30(14-1)15-13-23-35(32)47-38-21-7-5-19-36(38)46(37-20-6-8-22-39(37)47)34-18-4-3-17-33(34)31-28-44-48-45(29-31)51-43-27-12-10-25-41(43)49(48)40-24-9-11-26-42(40)50-44/h1-29H. The summed E-state index contributed by atoms with van der Waals surface area (Å²) in [6, 6.07) is 63.1. The summed E-state index contributed by atoms with van der Waals surface area (Å²) >= 11 is 0. The highest BCUT2D eigenvalue weighted by molar-refractivity contribution is 6.98. The Morgan fingerprint density at radius 2 is 0.765 bits per heavy atom. The summed E-state index contributed by atoms with van der Waals surface area (Å²) in [6.45, 7) is 0.0451. The minimum absolute atomic E-state index is 0.0451. The second kappa shape index (κ2) is 11.0. The number of hydrogen-bond donors (Lipinski definition) is 0. The third kappa shape index (κ3) is 4.19. The van der Waals surface area contributed by atoms with Crippen molar-refractivity contribution < 1.29 is 9.47 Å². The Balaban J connectivity index is 1.18. The van der Waals surface area contributed by atoms with Crippen LogP contribution in [0.25, 0.3) is 65.7 Å². The Morgan fingerprint density at radius 3 is 1.37 bits per heavy atom. The number of benzene rings is 9. The molecule has 9 aromatic rings. The second-order valence-electron chi connectivity index (χ2n) is 13.5. The molecule has 0 saturated carbocycles. The molecule has 0 saturated heterocycles. The van der Waals surface area contributed by atoms with Crippen molar-refractivity contribution in [1.82, 2.24) is 0 Å². The molecule has 0 aromatic heterocycles.